The molecule has 1 aromatic heterocycles. The molecule has 0 unspecified atom stereocenters. The van der Waals surface area contributed by atoms with Gasteiger partial charge in [-0.2, -0.15) is 0 Å². The minimum Gasteiger partial charge on any atom is -0.468 e. The molecule has 1 heterocycles. The van der Waals surface area contributed by atoms with Gasteiger partial charge in [0.15, 0.2) is 0 Å². The Kier molecular flexibility index (Phi) is 4.74. The average molecular weight is 303 g/mol. The molecule has 1 aromatic rings. The molecule has 0 fully saturated rings. The molecule has 1 amide bonds. The highest BCUT2D eigenvalue weighted by Crippen LogP contribution is 2.19. The van der Waals surface area contributed by atoms with Gasteiger partial charge in [0.2, 0.25) is 0 Å². The molecule has 0 spiro atoms. The molecule has 94 valence electrons. The van der Waals surface area contributed by atoms with Crippen molar-refractivity contribution >= 4 is 27.8 Å². The summed E-state index contributed by atoms with van der Waals surface area (Å²) in [4.78, 5) is 22.8. The molecule has 0 saturated heterocycles. The highest BCUT2D eigenvalue weighted by molar-refractivity contribution is 9.10. The Balaban J connectivity index is 2.78. The summed E-state index contributed by atoms with van der Waals surface area (Å²) in [6, 6.07) is 1.88. The Labute approximate surface area is 108 Å². The van der Waals surface area contributed by atoms with Gasteiger partial charge in [-0.15, -0.1) is 0 Å². The minimum atomic E-state index is -0.472. The first-order chi connectivity index (χ1) is 7.95. The van der Waals surface area contributed by atoms with Crippen LogP contribution in [-0.2, 0) is 9.53 Å². The third kappa shape index (κ3) is 3.59. The van der Waals surface area contributed by atoms with Crippen molar-refractivity contribution in [1.29, 1.82) is 0 Å². The number of methoxy groups -OCH3 is 1. The van der Waals surface area contributed by atoms with Crippen molar-refractivity contribution < 1.29 is 14.3 Å². The van der Waals surface area contributed by atoms with E-state index in [-0.39, 0.29) is 18.5 Å². The summed E-state index contributed by atoms with van der Waals surface area (Å²) < 4.78 is 7.11. The van der Waals surface area contributed by atoms with E-state index in [1.54, 1.807) is 6.07 Å². The predicted octanol–water partition coefficient (Wildman–Crippen LogP) is 1.73. The van der Waals surface area contributed by atoms with Gasteiger partial charge in [-0.1, -0.05) is 0 Å². The van der Waals surface area contributed by atoms with Crippen molar-refractivity contribution in [2.45, 2.75) is 19.9 Å². The molecule has 0 bridgehead atoms. The Bertz CT molecular complexity index is 426. The Morgan fingerprint density at radius 2 is 2.18 bits per heavy atom. The lowest BCUT2D eigenvalue weighted by Crippen LogP contribution is -2.31. The van der Waals surface area contributed by atoms with Crippen LogP contribution in [0, 0.1) is 0 Å². The van der Waals surface area contributed by atoms with E-state index in [0.717, 1.165) is 4.47 Å². The lowest BCUT2D eigenvalue weighted by atomic mass is 10.3. The molecule has 0 aliphatic heterocycles. The fourth-order valence-electron chi connectivity index (χ4n) is 1.37. The van der Waals surface area contributed by atoms with Crippen LogP contribution in [0.1, 0.15) is 30.4 Å². The van der Waals surface area contributed by atoms with Gasteiger partial charge in [0.1, 0.15) is 12.2 Å². The summed E-state index contributed by atoms with van der Waals surface area (Å²) in [5.74, 6) is -0.769. The van der Waals surface area contributed by atoms with Crippen molar-refractivity contribution in [3.05, 3.63) is 22.4 Å². The zero-order valence-electron chi connectivity index (χ0n) is 9.99. The molecule has 6 heteroatoms. The van der Waals surface area contributed by atoms with Gasteiger partial charge in [0, 0.05) is 16.7 Å². The van der Waals surface area contributed by atoms with Gasteiger partial charge in [-0.05, 0) is 35.8 Å². The van der Waals surface area contributed by atoms with E-state index in [1.807, 2.05) is 24.6 Å². The molecule has 0 saturated carbocycles. The molecule has 0 radical (unpaired) electrons. The van der Waals surface area contributed by atoms with E-state index in [0.29, 0.717) is 5.69 Å². The predicted molar refractivity (Wildman–Crippen MR) is 66.9 cm³/mol. The van der Waals surface area contributed by atoms with Crippen molar-refractivity contribution in [3.8, 4) is 0 Å². The summed E-state index contributed by atoms with van der Waals surface area (Å²) in [5.41, 5.74) is 0.510. The Morgan fingerprint density at radius 3 is 2.71 bits per heavy atom. The topological polar surface area (TPSA) is 60.3 Å². The second kappa shape index (κ2) is 5.86. The number of halogens is 1. The van der Waals surface area contributed by atoms with E-state index in [2.05, 4.69) is 26.0 Å². The zero-order chi connectivity index (χ0) is 13.0. The fourth-order valence-corrected chi connectivity index (χ4v) is 1.81. The van der Waals surface area contributed by atoms with Gasteiger partial charge < -0.3 is 14.6 Å². The average Bonchev–Trinajstić information content (AvgIpc) is 2.67. The zero-order valence-corrected chi connectivity index (χ0v) is 11.6. The number of hydrogen-bond acceptors (Lipinski definition) is 3. The van der Waals surface area contributed by atoms with Crippen LogP contribution >= 0.6 is 15.9 Å². The highest BCUT2D eigenvalue weighted by atomic mass is 79.9. The van der Waals surface area contributed by atoms with Crippen LogP contribution in [0.15, 0.2) is 16.7 Å². The third-order valence-corrected chi connectivity index (χ3v) is 2.66. The van der Waals surface area contributed by atoms with Crippen molar-refractivity contribution in [2.75, 3.05) is 13.7 Å². The SMILES string of the molecule is COC(=O)CNC(=O)c1cc(Br)cn1C(C)C. The fraction of sp³-hybridized carbons (Fsp3) is 0.455. The van der Waals surface area contributed by atoms with Crippen LogP contribution in [0.4, 0.5) is 0 Å². The van der Waals surface area contributed by atoms with E-state index < -0.39 is 5.97 Å². The number of ether oxygens (including phenoxy) is 1. The number of carbonyl (C=O) groups excluding carboxylic acids is 2. The van der Waals surface area contributed by atoms with Crippen LogP contribution in [0.2, 0.25) is 0 Å². The largest absolute Gasteiger partial charge is 0.468 e. The van der Waals surface area contributed by atoms with Crippen LogP contribution in [0.5, 0.6) is 0 Å². The number of aromatic nitrogens is 1. The number of rotatable bonds is 4. The van der Waals surface area contributed by atoms with Crippen molar-refractivity contribution in [3.63, 3.8) is 0 Å². The summed E-state index contributed by atoms with van der Waals surface area (Å²) in [7, 11) is 1.28. The first-order valence-corrected chi connectivity index (χ1v) is 5.97. The molecule has 0 aromatic carbocycles. The van der Waals surface area contributed by atoms with Gasteiger partial charge >= 0.3 is 5.97 Å². The summed E-state index contributed by atoms with van der Waals surface area (Å²) in [5, 5.41) is 2.50. The normalized spacial score (nSPS) is 10.4. The molecule has 1 N–H and O–H groups in total. The first-order valence-electron chi connectivity index (χ1n) is 5.18. The molecule has 0 aliphatic carbocycles. The number of nitrogens with zero attached hydrogens (tertiary/aromatic N) is 1. The number of hydrogen-bond donors (Lipinski definition) is 1. The number of carbonyl (C=O) groups is 2. The second-order valence-corrected chi connectivity index (χ2v) is 4.72. The van der Waals surface area contributed by atoms with Crippen LogP contribution < -0.4 is 5.32 Å². The Morgan fingerprint density at radius 1 is 1.53 bits per heavy atom. The van der Waals surface area contributed by atoms with Gasteiger partial charge in [-0.25, -0.2) is 0 Å². The maximum absolute atomic E-state index is 11.8. The molecule has 0 aliphatic rings. The summed E-state index contributed by atoms with van der Waals surface area (Å²) in [6.45, 7) is 3.82. The quantitative estimate of drug-likeness (QED) is 0.862. The Hall–Kier alpha value is -1.30. The number of nitrogens with one attached hydrogen (secondary N) is 1. The summed E-state index contributed by atoms with van der Waals surface area (Å²) >= 11 is 3.32. The third-order valence-electron chi connectivity index (χ3n) is 2.23. The van der Waals surface area contributed by atoms with E-state index >= 15 is 0 Å². The van der Waals surface area contributed by atoms with Gasteiger partial charge in [0.05, 0.1) is 7.11 Å². The monoisotopic (exact) mass is 302 g/mol. The second-order valence-electron chi connectivity index (χ2n) is 3.80. The van der Waals surface area contributed by atoms with Gasteiger partial charge in [-0.3, -0.25) is 9.59 Å². The maximum atomic E-state index is 11.8. The molecular formula is C11H15BrN2O3. The molecule has 17 heavy (non-hydrogen) atoms. The molecule has 1 rings (SSSR count). The number of amides is 1. The first kappa shape index (κ1) is 13.8. The molecule has 5 nitrogen and oxygen atoms in total. The van der Waals surface area contributed by atoms with E-state index in [9.17, 15) is 9.59 Å². The van der Waals surface area contributed by atoms with Crippen LogP contribution in [-0.4, -0.2) is 30.1 Å². The van der Waals surface area contributed by atoms with Crippen LogP contribution in [0.3, 0.4) is 0 Å². The molecular weight excluding hydrogens is 288 g/mol. The lowest BCUT2D eigenvalue weighted by molar-refractivity contribution is -0.139. The standard InChI is InChI=1S/C11H15BrN2O3/c1-7(2)14-6-8(12)4-9(14)11(16)13-5-10(15)17-3/h4,6-7H,5H2,1-3H3,(H,13,16). The van der Waals surface area contributed by atoms with Crippen molar-refractivity contribution in [1.82, 2.24) is 9.88 Å². The highest BCUT2D eigenvalue weighted by Gasteiger charge is 2.15. The lowest BCUT2D eigenvalue weighted by Gasteiger charge is -2.12. The van der Waals surface area contributed by atoms with E-state index in [4.69, 9.17) is 0 Å². The van der Waals surface area contributed by atoms with Crippen molar-refractivity contribution in [2.24, 2.45) is 0 Å². The maximum Gasteiger partial charge on any atom is 0.325 e. The summed E-state index contributed by atoms with van der Waals surface area (Å²) in [6.07, 6.45) is 1.83. The molecule has 0 atom stereocenters. The minimum absolute atomic E-state index is 0.129. The van der Waals surface area contributed by atoms with Gasteiger partial charge in [0.25, 0.3) is 5.91 Å². The number of esters is 1. The smallest absolute Gasteiger partial charge is 0.325 e. The van der Waals surface area contributed by atoms with E-state index in [1.165, 1.54) is 7.11 Å². The van der Waals surface area contributed by atoms with Crippen LogP contribution in [0.25, 0.3) is 0 Å².